The number of nitrogens with one attached hydrogen (secondary N) is 3. The molecule has 0 aliphatic rings. The lowest BCUT2D eigenvalue weighted by Crippen LogP contribution is -2.20. The molecule has 6 heteroatoms. The minimum absolute atomic E-state index is 0.450. The molecule has 0 amide bonds. The van der Waals surface area contributed by atoms with E-state index in [9.17, 15) is 0 Å². The Labute approximate surface area is 126 Å². The Hall–Kier alpha value is -1.85. The Bertz CT molecular complexity index is 550. The molecule has 2 rings (SSSR count). The van der Waals surface area contributed by atoms with Crippen LogP contribution in [0.2, 0.25) is 0 Å². The second kappa shape index (κ2) is 7.81. The van der Waals surface area contributed by atoms with Gasteiger partial charge >= 0.3 is 0 Å². The van der Waals surface area contributed by atoms with Crippen LogP contribution in [0, 0.1) is 0 Å². The summed E-state index contributed by atoms with van der Waals surface area (Å²) in [5.74, 6) is 1.48. The number of hydrogen-bond donors (Lipinski definition) is 3. The molecule has 6 nitrogen and oxygen atoms in total. The first kappa shape index (κ1) is 15.5. The fraction of sp³-hybridized carbons (Fsp3) is 0.667. The maximum atomic E-state index is 4.59. The van der Waals surface area contributed by atoms with E-state index in [1.165, 1.54) is 25.7 Å². The molecule has 0 saturated carbocycles. The molecule has 0 fully saturated rings. The second-order valence-electron chi connectivity index (χ2n) is 5.30. The van der Waals surface area contributed by atoms with E-state index in [2.05, 4.69) is 44.4 Å². The van der Waals surface area contributed by atoms with Gasteiger partial charge < -0.3 is 15.6 Å². The largest absolute Gasteiger partial charge is 0.365 e. The zero-order valence-corrected chi connectivity index (χ0v) is 13.2. The van der Waals surface area contributed by atoms with Crippen molar-refractivity contribution in [2.75, 3.05) is 17.2 Å². The predicted octanol–water partition coefficient (Wildman–Crippen LogP) is 3.56. The van der Waals surface area contributed by atoms with Crippen LogP contribution in [0.15, 0.2) is 6.33 Å². The van der Waals surface area contributed by atoms with Crippen molar-refractivity contribution in [1.29, 1.82) is 0 Å². The van der Waals surface area contributed by atoms with E-state index in [0.717, 1.165) is 24.3 Å². The molecule has 1 unspecified atom stereocenters. The third kappa shape index (κ3) is 4.06. The van der Waals surface area contributed by atoms with Crippen molar-refractivity contribution in [3.63, 3.8) is 0 Å². The van der Waals surface area contributed by atoms with E-state index in [1.54, 1.807) is 6.33 Å². The van der Waals surface area contributed by atoms with Gasteiger partial charge in [0.25, 0.3) is 0 Å². The molecule has 0 aromatic carbocycles. The van der Waals surface area contributed by atoms with Gasteiger partial charge in [-0.2, -0.15) is 9.97 Å². The summed E-state index contributed by atoms with van der Waals surface area (Å²) < 4.78 is 0. The summed E-state index contributed by atoms with van der Waals surface area (Å²) in [6, 6.07) is 0.450. The summed E-state index contributed by atoms with van der Waals surface area (Å²) in [5.41, 5.74) is 1.59. The van der Waals surface area contributed by atoms with E-state index in [0.29, 0.717) is 17.6 Å². The number of unbranched alkanes of at least 4 members (excludes halogenated alkanes) is 1. The van der Waals surface area contributed by atoms with Gasteiger partial charge in [-0.3, -0.25) is 0 Å². The first-order valence-electron chi connectivity index (χ1n) is 7.99. The molecular formula is C15H26N6. The number of aromatic amines is 1. The average Bonchev–Trinajstić information content (AvgIpc) is 2.94. The van der Waals surface area contributed by atoms with E-state index in [1.807, 2.05) is 6.92 Å². The van der Waals surface area contributed by atoms with Crippen molar-refractivity contribution in [2.24, 2.45) is 0 Å². The summed E-state index contributed by atoms with van der Waals surface area (Å²) in [5, 5.41) is 6.74. The molecule has 0 saturated heterocycles. The monoisotopic (exact) mass is 290 g/mol. The normalized spacial score (nSPS) is 12.5. The molecule has 2 heterocycles. The van der Waals surface area contributed by atoms with Crippen molar-refractivity contribution < 1.29 is 0 Å². The van der Waals surface area contributed by atoms with Crippen molar-refractivity contribution in [2.45, 2.75) is 58.9 Å². The van der Waals surface area contributed by atoms with Crippen LogP contribution < -0.4 is 10.6 Å². The number of anilines is 2. The van der Waals surface area contributed by atoms with Crippen LogP contribution >= 0.6 is 0 Å². The molecule has 0 spiro atoms. The molecule has 2 aromatic heterocycles. The van der Waals surface area contributed by atoms with Crippen LogP contribution in [-0.4, -0.2) is 32.5 Å². The first-order chi connectivity index (χ1) is 10.3. The van der Waals surface area contributed by atoms with E-state index in [4.69, 9.17) is 0 Å². The molecule has 0 aliphatic carbocycles. The maximum Gasteiger partial charge on any atom is 0.226 e. The van der Waals surface area contributed by atoms with Crippen LogP contribution in [0.4, 0.5) is 11.8 Å². The van der Waals surface area contributed by atoms with Gasteiger partial charge in [0.1, 0.15) is 5.52 Å². The van der Waals surface area contributed by atoms with Crippen molar-refractivity contribution in [3.05, 3.63) is 6.33 Å². The summed E-state index contributed by atoms with van der Waals surface area (Å²) in [7, 11) is 0. The van der Waals surface area contributed by atoms with Gasteiger partial charge in [0.2, 0.25) is 5.95 Å². The van der Waals surface area contributed by atoms with Gasteiger partial charge in [-0.25, -0.2) is 4.98 Å². The number of H-pyrrole nitrogens is 1. The van der Waals surface area contributed by atoms with Gasteiger partial charge in [-0.1, -0.05) is 33.1 Å². The Kier molecular flexibility index (Phi) is 5.78. The van der Waals surface area contributed by atoms with Crippen LogP contribution in [0.3, 0.4) is 0 Å². The zero-order valence-electron chi connectivity index (χ0n) is 13.2. The average molecular weight is 290 g/mol. The number of hydrogen-bond acceptors (Lipinski definition) is 5. The number of rotatable bonds is 9. The standard InChI is InChI=1S/C15H26N6/c1-4-7-9-11(8-5-2)19-14-12-13(18-10-17-12)20-15(21-14)16-6-3/h10-11H,4-9H2,1-3H3,(H3,16,17,18,19,20,21). The number of imidazole rings is 1. The fourth-order valence-corrected chi connectivity index (χ4v) is 2.46. The van der Waals surface area contributed by atoms with Crippen LogP contribution in [0.1, 0.15) is 52.9 Å². The highest BCUT2D eigenvalue weighted by molar-refractivity contribution is 5.83. The molecule has 2 aromatic rings. The lowest BCUT2D eigenvalue weighted by Gasteiger charge is -2.19. The molecule has 0 radical (unpaired) electrons. The Morgan fingerprint density at radius 1 is 1.14 bits per heavy atom. The lowest BCUT2D eigenvalue weighted by atomic mass is 10.1. The highest BCUT2D eigenvalue weighted by Crippen LogP contribution is 2.21. The lowest BCUT2D eigenvalue weighted by molar-refractivity contribution is 0.563. The highest BCUT2D eigenvalue weighted by Gasteiger charge is 2.14. The van der Waals surface area contributed by atoms with Gasteiger partial charge in [-0.05, 0) is 19.8 Å². The minimum Gasteiger partial charge on any atom is -0.365 e. The van der Waals surface area contributed by atoms with Crippen LogP contribution in [0.25, 0.3) is 11.2 Å². The Morgan fingerprint density at radius 2 is 2.00 bits per heavy atom. The fourth-order valence-electron chi connectivity index (χ4n) is 2.46. The minimum atomic E-state index is 0.450. The predicted molar refractivity (Wildman–Crippen MR) is 87.7 cm³/mol. The van der Waals surface area contributed by atoms with Crippen molar-refractivity contribution in [1.82, 2.24) is 19.9 Å². The quantitative estimate of drug-likeness (QED) is 0.658. The van der Waals surface area contributed by atoms with E-state index < -0.39 is 0 Å². The van der Waals surface area contributed by atoms with Crippen molar-refractivity contribution in [3.8, 4) is 0 Å². The SMILES string of the molecule is CCCCC(CCC)Nc1nc(NCC)nc2nc[nH]c12. The number of aromatic nitrogens is 4. The van der Waals surface area contributed by atoms with Gasteiger partial charge in [-0.15, -0.1) is 0 Å². The van der Waals surface area contributed by atoms with Crippen LogP contribution in [-0.2, 0) is 0 Å². The molecular weight excluding hydrogens is 264 g/mol. The van der Waals surface area contributed by atoms with Gasteiger partial charge in [0.15, 0.2) is 11.5 Å². The summed E-state index contributed by atoms with van der Waals surface area (Å²) in [4.78, 5) is 16.4. The van der Waals surface area contributed by atoms with Crippen molar-refractivity contribution >= 4 is 22.9 Å². The van der Waals surface area contributed by atoms with Gasteiger partial charge in [0, 0.05) is 12.6 Å². The topological polar surface area (TPSA) is 78.5 Å². The molecule has 3 N–H and O–H groups in total. The third-order valence-electron chi connectivity index (χ3n) is 3.50. The zero-order chi connectivity index (χ0) is 15.1. The molecule has 0 bridgehead atoms. The van der Waals surface area contributed by atoms with Crippen LogP contribution in [0.5, 0.6) is 0 Å². The van der Waals surface area contributed by atoms with E-state index in [-0.39, 0.29) is 0 Å². The molecule has 1 atom stereocenters. The number of fused-ring (bicyclic) bond motifs is 1. The Balaban J connectivity index is 2.23. The van der Waals surface area contributed by atoms with Gasteiger partial charge in [0.05, 0.1) is 6.33 Å². The van der Waals surface area contributed by atoms with E-state index >= 15 is 0 Å². The Morgan fingerprint density at radius 3 is 2.71 bits per heavy atom. The molecule has 21 heavy (non-hydrogen) atoms. The second-order valence-corrected chi connectivity index (χ2v) is 5.30. The molecule has 0 aliphatic heterocycles. The summed E-state index contributed by atoms with van der Waals surface area (Å²) in [6.45, 7) is 7.27. The summed E-state index contributed by atoms with van der Waals surface area (Å²) >= 11 is 0. The maximum absolute atomic E-state index is 4.59. The smallest absolute Gasteiger partial charge is 0.226 e. The molecule has 116 valence electrons. The number of nitrogens with zero attached hydrogens (tertiary/aromatic N) is 3. The highest BCUT2D eigenvalue weighted by atomic mass is 15.2. The first-order valence-corrected chi connectivity index (χ1v) is 7.99. The summed E-state index contributed by atoms with van der Waals surface area (Å²) in [6.07, 6.45) is 7.60. The third-order valence-corrected chi connectivity index (χ3v) is 3.50.